The zero-order chi connectivity index (χ0) is 17.4. The summed E-state index contributed by atoms with van der Waals surface area (Å²) in [6.07, 6.45) is 11.0. The summed E-state index contributed by atoms with van der Waals surface area (Å²) in [6, 6.07) is 0. The molecule has 0 amide bonds. The van der Waals surface area contributed by atoms with Crippen molar-refractivity contribution in [3.8, 4) is 0 Å². The van der Waals surface area contributed by atoms with Crippen LogP contribution in [0.4, 0.5) is 0 Å². The normalized spacial score (nSPS) is 33.0. The average Bonchev–Trinajstić information content (AvgIpc) is 2.71. The van der Waals surface area contributed by atoms with Crippen LogP contribution in [-0.2, 0) is 4.43 Å². The maximum absolute atomic E-state index is 6.04. The smallest absolute Gasteiger partial charge is 0.192 e. The van der Waals surface area contributed by atoms with Crippen molar-refractivity contribution in [2.45, 2.75) is 38.4 Å². The molecule has 1 saturated carbocycles. The quantitative estimate of drug-likeness (QED) is 0.419. The molecule has 0 aliphatic heterocycles. The number of rotatable bonds is 7. The van der Waals surface area contributed by atoms with Crippen LogP contribution in [0.1, 0.15) is 20.3 Å². The van der Waals surface area contributed by atoms with Crippen molar-refractivity contribution in [3.63, 3.8) is 0 Å². The second-order valence-electron chi connectivity index (χ2n) is 7.36. The Labute approximate surface area is 138 Å². The van der Waals surface area contributed by atoms with E-state index in [4.69, 9.17) is 4.43 Å². The minimum atomic E-state index is -2.03. The molecule has 2 heteroatoms. The van der Waals surface area contributed by atoms with E-state index in [9.17, 15) is 0 Å². The van der Waals surface area contributed by atoms with Gasteiger partial charge in [0.1, 0.15) is 0 Å². The highest BCUT2D eigenvalue weighted by Crippen LogP contribution is 2.78. The number of allylic oxidation sites excluding steroid dienone is 5. The van der Waals surface area contributed by atoms with Crippen molar-refractivity contribution >= 4 is 8.32 Å². The third-order valence-electron chi connectivity index (χ3n) is 7.04. The van der Waals surface area contributed by atoms with E-state index in [1.165, 1.54) is 0 Å². The molecule has 1 aliphatic carbocycles. The van der Waals surface area contributed by atoms with Gasteiger partial charge in [-0.2, -0.15) is 0 Å². The lowest BCUT2D eigenvalue weighted by molar-refractivity contribution is 0.164. The summed E-state index contributed by atoms with van der Waals surface area (Å²) in [7, 11) is -0.204. The minimum Gasteiger partial charge on any atom is -0.420 e. The van der Waals surface area contributed by atoms with Gasteiger partial charge in [0, 0.05) is 23.4 Å². The Kier molecular flexibility index (Phi) is 4.73. The fourth-order valence-electron chi connectivity index (χ4n) is 4.77. The minimum absolute atomic E-state index is 0.0682. The van der Waals surface area contributed by atoms with Crippen LogP contribution in [0.3, 0.4) is 0 Å². The van der Waals surface area contributed by atoms with E-state index in [1.807, 2.05) is 31.4 Å². The van der Waals surface area contributed by atoms with Crippen LogP contribution in [0.5, 0.6) is 0 Å². The van der Waals surface area contributed by atoms with Gasteiger partial charge < -0.3 is 4.43 Å². The van der Waals surface area contributed by atoms with E-state index in [0.717, 1.165) is 6.42 Å². The molecule has 1 aliphatic rings. The third-order valence-corrected chi connectivity index (χ3v) is 11.4. The molecular weight excluding hydrogens is 284 g/mol. The van der Waals surface area contributed by atoms with Crippen molar-refractivity contribution < 1.29 is 4.43 Å². The molecule has 0 aromatic rings. The summed E-state index contributed by atoms with van der Waals surface area (Å²) in [6.45, 7) is 29.9. The van der Waals surface area contributed by atoms with Gasteiger partial charge in [-0.15, -0.1) is 32.9 Å². The van der Waals surface area contributed by atoms with Gasteiger partial charge in [0.05, 0.1) is 0 Å². The Morgan fingerprint density at radius 2 is 1.32 bits per heavy atom. The lowest BCUT2D eigenvalue weighted by Gasteiger charge is -2.53. The topological polar surface area (TPSA) is 9.23 Å². The van der Waals surface area contributed by atoms with E-state index in [-0.39, 0.29) is 21.3 Å². The van der Waals surface area contributed by atoms with E-state index < -0.39 is 8.32 Å². The molecule has 2 unspecified atom stereocenters. The lowest BCUT2D eigenvalue weighted by atomic mass is 9.55. The highest BCUT2D eigenvalue weighted by Gasteiger charge is 2.73. The average molecular weight is 317 g/mol. The molecular formula is C20H32OSi. The summed E-state index contributed by atoms with van der Waals surface area (Å²) in [4.78, 5) is 0. The summed E-state index contributed by atoms with van der Waals surface area (Å²) in [5.74, 6) is 0. The Morgan fingerprint density at radius 3 is 1.59 bits per heavy atom. The van der Waals surface area contributed by atoms with Crippen molar-refractivity contribution in [2.24, 2.45) is 16.2 Å². The largest absolute Gasteiger partial charge is 0.420 e. The van der Waals surface area contributed by atoms with Gasteiger partial charge in [-0.1, -0.05) is 44.2 Å². The van der Waals surface area contributed by atoms with Gasteiger partial charge in [-0.05, 0) is 24.6 Å². The molecule has 2 atom stereocenters. The van der Waals surface area contributed by atoms with Crippen molar-refractivity contribution in [1.82, 2.24) is 0 Å². The Balaban J connectivity index is 3.94. The maximum Gasteiger partial charge on any atom is 0.192 e. The predicted octanol–water partition coefficient (Wildman–Crippen LogP) is 5.91. The van der Waals surface area contributed by atoms with E-state index >= 15 is 0 Å². The van der Waals surface area contributed by atoms with Crippen LogP contribution in [0, 0.1) is 16.2 Å². The molecule has 0 aromatic heterocycles. The van der Waals surface area contributed by atoms with Crippen molar-refractivity contribution in [2.75, 3.05) is 7.11 Å². The molecule has 1 fully saturated rings. The van der Waals surface area contributed by atoms with Crippen LogP contribution in [0.15, 0.2) is 63.3 Å². The molecule has 22 heavy (non-hydrogen) atoms. The number of hydrogen-bond donors (Lipinski definition) is 0. The summed E-state index contributed by atoms with van der Waals surface area (Å²) >= 11 is 0. The van der Waals surface area contributed by atoms with E-state index in [2.05, 4.69) is 65.9 Å². The zero-order valence-electron chi connectivity index (χ0n) is 15.0. The van der Waals surface area contributed by atoms with Crippen LogP contribution in [-0.4, -0.2) is 15.4 Å². The molecule has 0 N–H and O–H groups in total. The molecule has 0 heterocycles. The first-order valence-corrected chi connectivity index (χ1v) is 10.7. The Hall–Kier alpha value is -1.12. The summed E-state index contributed by atoms with van der Waals surface area (Å²) in [5.41, 5.74) is -0.947. The standard InChI is InChI=1S/C20H32OSi/c1-11-17(6)18(7,22(9,10)21-8)16-19(12-2,13-3)20(17,14-4)15-5/h11-15H,1-5,16H2,6-10H3. The van der Waals surface area contributed by atoms with Crippen molar-refractivity contribution in [3.05, 3.63) is 63.3 Å². The van der Waals surface area contributed by atoms with Crippen molar-refractivity contribution in [1.29, 1.82) is 0 Å². The molecule has 1 rings (SSSR count). The number of hydrogen-bond acceptors (Lipinski definition) is 1. The molecule has 122 valence electrons. The van der Waals surface area contributed by atoms with E-state index in [1.54, 1.807) is 0 Å². The van der Waals surface area contributed by atoms with Gasteiger partial charge >= 0.3 is 0 Å². The van der Waals surface area contributed by atoms with Crippen LogP contribution in [0.2, 0.25) is 18.1 Å². The fraction of sp³-hybridized carbons (Fsp3) is 0.500. The van der Waals surface area contributed by atoms with Crippen LogP contribution >= 0.6 is 0 Å². The molecule has 1 nitrogen and oxygen atoms in total. The van der Waals surface area contributed by atoms with E-state index in [0.29, 0.717) is 0 Å². The van der Waals surface area contributed by atoms with Gasteiger partial charge in [0.25, 0.3) is 0 Å². The van der Waals surface area contributed by atoms with Crippen LogP contribution in [0.25, 0.3) is 0 Å². The third kappa shape index (κ3) is 1.74. The lowest BCUT2D eigenvalue weighted by Crippen LogP contribution is -2.52. The van der Waals surface area contributed by atoms with Gasteiger partial charge in [0.2, 0.25) is 0 Å². The maximum atomic E-state index is 6.04. The SMILES string of the molecule is C=CC1(C=C)CC(C)([Si](C)(C)OC)C(C)(C=C)C1(C=C)C=C. The van der Waals surface area contributed by atoms with Gasteiger partial charge in [-0.25, -0.2) is 0 Å². The Morgan fingerprint density at radius 1 is 0.864 bits per heavy atom. The second kappa shape index (κ2) is 5.50. The molecule has 0 aromatic carbocycles. The molecule has 0 bridgehead atoms. The first-order chi connectivity index (χ1) is 10.1. The van der Waals surface area contributed by atoms with Crippen LogP contribution < -0.4 is 0 Å². The fourth-order valence-corrected chi connectivity index (χ4v) is 7.49. The molecule has 0 radical (unpaired) electrons. The monoisotopic (exact) mass is 316 g/mol. The first kappa shape index (κ1) is 18.9. The zero-order valence-corrected chi connectivity index (χ0v) is 16.0. The first-order valence-electron chi connectivity index (χ1n) is 7.80. The van der Waals surface area contributed by atoms with Gasteiger partial charge in [-0.3, -0.25) is 0 Å². The second-order valence-corrected chi connectivity index (χ2v) is 11.9. The Bertz CT molecular complexity index is 500. The van der Waals surface area contributed by atoms with Gasteiger partial charge in [0.15, 0.2) is 8.32 Å². The summed E-state index contributed by atoms with van der Waals surface area (Å²) < 4.78 is 6.04. The predicted molar refractivity (Wildman–Crippen MR) is 101 cm³/mol. The summed E-state index contributed by atoms with van der Waals surface area (Å²) in [5, 5.41) is -0.0682. The highest BCUT2D eigenvalue weighted by molar-refractivity contribution is 6.74. The molecule has 0 saturated heterocycles. The highest BCUT2D eigenvalue weighted by atomic mass is 28.4. The molecule has 0 spiro atoms.